The molecule has 3 rings (SSSR count). The van der Waals surface area contributed by atoms with Gasteiger partial charge in [0.15, 0.2) is 11.0 Å². The molecule has 0 radical (unpaired) electrons. The lowest BCUT2D eigenvalue weighted by Crippen LogP contribution is -2.04. The van der Waals surface area contributed by atoms with Gasteiger partial charge in [0.2, 0.25) is 0 Å². The molecule has 0 aliphatic heterocycles. The molecule has 0 aliphatic carbocycles. The monoisotopic (exact) mass is 391 g/mol. The average Bonchev–Trinajstić information content (AvgIpc) is 2.95. The molecular formula is C19H19ClFN3OS. The molecular weight excluding hydrogens is 373 g/mol. The molecule has 0 amide bonds. The molecule has 0 N–H and O–H groups in total. The van der Waals surface area contributed by atoms with E-state index in [-0.39, 0.29) is 5.82 Å². The van der Waals surface area contributed by atoms with Crippen LogP contribution in [0.15, 0.2) is 41.6 Å². The van der Waals surface area contributed by atoms with Crippen LogP contribution >= 0.6 is 23.4 Å². The van der Waals surface area contributed by atoms with Crippen LogP contribution in [0.25, 0.3) is 0 Å². The van der Waals surface area contributed by atoms with Crippen LogP contribution in [-0.4, -0.2) is 14.8 Å². The molecule has 0 atom stereocenters. The summed E-state index contributed by atoms with van der Waals surface area (Å²) in [7, 11) is 1.90. The Morgan fingerprint density at radius 2 is 1.92 bits per heavy atom. The van der Waals surface area contributed by atoms with Gasteiger partial charge in [0.05, 0.1) is 0 Å². The number of aromatic nitrogens is 3. The van der Waals surface area contributed by atoms with Gasteiger partial charge in [-0.2, -0.15) is 0 Å². The first-order valence-corrected chi connectivity index (χ1v) is 9.45. The summed E-state index contributed by atoms with van der Waals surface area (Å²) in [5.74, 6) is 1.79. The number of ether oxygens (including phenoxy) is 1. The number of hydrogen-bond acceptors (Lipinski definition) is 4. The van der Waals surface area contributed by atoms with E-state index in [1.807, 2.05) is 29.8 Å². The van der Waals surface area contributed by atoms with Crippen molar-refractivity contribution in [3.8, 4) is 5.75 Å². The van der Waals surface area contributed by atoms with Gasteiger partial charge < -0.3 is 9.30 Å². The Labute approximate surface area is 161 Å². The maximum absolute atomic E-state index is 13.1. The standard InChI is InChI=1S/C19H19ClFN3OS/c1-12-4-7-16(8-13(12)2)25-10-18-22-23-19(24(18)3)26-11-14-5-6-15(21)9-17(14)20/h4-9H,10-11H2,1-3H3. The molecule has 26 heavy (non-hydrogen) atoms. The molecule has 1 aromatic heterocycles. The summed E-state index contributed by atoms with van der Waals surface area (Å²) in [6.45, 7) is 4.46. The second-order valence-electron chi connectivity index (χ2n) is 6.02. The van der Waals surface area contributed by atoms with E-state index in [2.05, 4.69) is 24.0 Å². The van der Waals surface area contributed by atoms with E-state index >= 15 is 0 Å². The summed E-state index contributed by atoms with van der Waals surface area (Å²) < 4.78 is 20.8. The van der Waals surface area contributed by atoms with Gasteiger partial charge in [-0.1, -0.05) is 35.5 Å². The fourth-order valence-electron chi connectivity index (χ4n) is 2.33. The molecule has 0 saturated heterocycles. The molecule has 2 aromatic carbocycles. The lowest BCUT2D eigenvalue weighted by atomic mass is 10.1. The zero-order valence-corrected chi connectivity index (χ0v) is 16.4. The maximum Gasteiger partial charge on any atom is 0.191 e. The molecule has 4 nitrogen and oxygen atoms in total. The van der Waals surface area contributed by atoms with Crippen LogP contribution in [-0.2, 0) is 19.4 Å². The van der Waals surface area contributed by atoms with E-state index in [9.17, 15) is 4.39 Å². The molecule has 0 aliphatic rings. The summed E-state index contributed by atoms with van der Waals surface area (Å²) in [6, 6.07) is 10.4. The van der Waals surface area contributed by atoms with E-state index in [1.165, 1.54) is 35.0 Å². The number of halogens is 2. The van der Waals surface area contributed by atoms with Crippen LogP contribution in [0.5, 0.6) is 5.75 Å². The predicted molar refractivity (Wildman–Crippen MR) is 102 cm³/mol. The van der Waals surface area contributed by atoms with Crippen LogP contribution in [0.4, 0.5) is 4.39 Å². The van der Waals surface area contributed by atoms with E-state index in [0.29, 0.717) is 17.4 Å². The van der Waals surface area contributed by atoms with Gasteiger partial charge in [0, 0.05) is 17.8 Å². The van der Waals surface area contributed by atoms with Crippen LogP contribution in [0.3, 0.4) is 0 Å². The Kier molecular flexibility index (Phi) is 5.84. The molecule has 136 valence electrons. The second kappa shape index (κ2) is 8.10. The molecule has 3 aromatic rings. The Balaban J connectivity index is 1.63. The van der Waals surface area contributed by atoms with E-state index in [4.69, 9.17) is 16.3 Å². The first-order chi connectivity index (χ1) is 12.4. The topological polar surface area (TPSA) is 39.9 Å². The van der Waals surface area contributed by atoms with Crippen molar-refractivity contribution in [1.82, 2.24) is 14.8 Å². The van der Waals surface area contributed by atoms with Gasteiger partial charge >= 0.3 is 0 Å². The largest absolute Gasteiger partial charge is 0.486 e. The summed E-state index contributed by atoms with van der Waals surface area (Å²) in [6.07, 6.45) is 0. The van der Waals surface area contributed by atoms with Crippen molar-refractivity contribution in [2.24, 2.45) is 7.05 Å². The van der Waals surface area contributed by atoms with Gasteiger partial charge in [-0.15, -0.1) is 10.2 Å². The molecule has 0 spiro atoms. The summed E-state index contributed by atoms with van der Waals surface area (Å²) >= 11 is 7.56. The third-order valence-corrected chi connectivity index (χ3v) is 5.56. The molecule has 7 heteroatoms. The highest BCUT2D eigenvalue weighted by Gasteiger charge is 2.11. The van der Waals surface area contributed by atoms with E-state index in [1.54, 1.807) is 6.07 Å². The minimum absolute atomic E-state index is 0.337. The fraction of sp³-hybridized carbons (Fsp3) is 0.263. The highest BCUT2D eigenvalue weighted by Crippen LogP contribution is 2.26. The summed E-state index contributed by atoms with van der Waals surface area (Å²) in [5.41, 5.74) is 3.27. The average molecular weight is 392 g/mol. The van der Waals surface area contributed by atoms with Crippen molar-refractivity contribution in [3.05, 3.63) is 69.8 Å². The van der Waals surface area contributed by atoms with Crippen molar-refractivity contribution in [3.63, 3.8) is 0 Å². The number of benzene rings is 2. The van der Waals surface area contributed by atoms with Gasteiger partial charge in [-0.3, -0.25) is 0 Å². The molecule has 0 unspecified atom stereocenters. The van der Waals surface area contributed by atoms with E-state index < -0.39 is 0 Å². The van der Waals surface area contributed by atoms with Crippen LogP contribution in [0.2, 0.25) is 5.02 Å². The fourth-order valence-corrected chi connectivity index (χ4v) is 3.58. The molecule has 1 heterocycles. The quantitative estimate of drug-likeness (QED) is 0.548. The predicted octanol–water partition coefficient (Wildman–Crippen LogP) is 5.10. The highest BCUT2D eigenvalue weighted by molar-refractivity contribution is 7.98. The Morgan fingerprint density at radius 3 is 2.65 bits per heavy atom. The second-order valence-corrected chi connectivity index (χ2v) is 7.37. The zero-order valence-electron chi connectivity index (χ0n) is 14.8. The first kappa shape index (κ1) is 18.7. The van der Waals surface area contributed by atoms with Crippen molar-refractivity contribution in [2.45, 2.75) is 31.4 Å². The SMILES string of the molecule is Cc1ccc(OCc2nnc(SCc3ccc(F)cc3Cl)n2C)cc1C. The highest BCUT2D eigenvalue weighted by atomic mass is 35.5. The number of nitrogens with zero attached hydrogens (tertiary/aromatic N) is 3. The normalized spacial score (nSPS) is 11.0. The number of thioether (sulfide) groups is 1. The molecule has 0 saturated carbocycles. The summed E-state index contributed by atoms with van der Waals surface area (Å²) in [5, 5.41) is 9.56. The zero-order chi connectivity index (χ0) is 18.7. The van der Waals surface area contributed by atoms with Crippen LogP contribution in [0.1, 0.15) is 22.5 Å². The first-order valence-electron chi connectivity index (χ1n) is 8.09. The van der Waals surface area contributed by atoms with Gasteiger partial charge in [-0.05, 0) is 54.8 Å². The maximum atomic E-state index is 13.1. The lowest BCUT2D eigenvalue weighted by Gasteiger charge is -2.08. The smallest absolute Gasteiger partial charge is 0.191 e. The van der Waals surface area contributed by atoms with Gasteiger partial charge in [0.1, 0.15) is 18.2 Å². The van der Waals surface area contributed by atoms with Crippen molar-refractivity contribution in [1.29, 1.82) is 0 Å². The Hall–Kier alpha value is -2.05. The third kappa shape index (κ3) is 4.37. The van der Waals surface area contributed by atoms with E-state index in [0.717, 1.165) is 22.3 Å². The molecule has 0 bridgehead atoms. The minimum atomic E-state index is -0.340. The van der Waals surface area contributed by atoms with Gasteiger partial charge in [-0.25, -0.2) is 4.39 Å². The number of aryl methyl sites for hydroxylation is 2. The Bertz CT molecular complexity index is 929. The lowest BCUT2D eigenvalue weighted by molar-refractivity contribution is 0.290. The third-order valence-electron chi connectivity index (χ3n) is 4.14. The summed E-state index contributed by atoms with van der Waals surface area (Å²) in [4.78, 5) is 0. The minimum Gasteiger partial charge on any atom is -0.486 e. The Morgan fingerprint density at radius 1 is 1.12 bits per heavy atom. The van der Waals surface area contributed by atoms with Gasteiger partial charge in [0.25, 0.3) is 0 Å². The van der Waals surface area contributed by atoms with Crippen molar-refractivity contribution in [2.75, 3.05) is 0 Å². The molecule has 0 fully saturated rings. The number of rotatable bonds is 6. The van der Waals surface area contributed by atoms with Crippen molar-refractivity contribution >= 4 is 23.4 Å². The number of hydrogen-bond donors (Lipinski definition) is 0. The van der Waals surface area contributed by atoms with Crippen molar-refractivity contribution < 1.29 is 9.13 Å². The van der Waals surface area contributed by atoms with Crippen LogP contribution < -0.4 is 4.74 Å². The van der Waals surface area contributed by atoms with Crippen LogP contribution in [0, 0.1) is 19.7 Å².